The number of hydrogen-bond acceptors (Lipinski definition) is 4. The molecular weight excluding hydrogens is 316 g/mol. The molecule has 0 N–H and O–H groups in total. The summed E-state index contributed by atoms with van der Waals surface area (Å²) in [7, 11) is 3.41. The molecule has 0 aromatic heterocycles. The third-order valence-corrected chi connectivity index (χ3v) is 3.73. The van der Waals surface area contributed by atoms with Crippen LogP contribution in [0, 0.1) is 0 Å². The predicted molar refractivity (Wildman–Crippen MR) is 106 cm³/mol. The maximum absolute atomic E-state index is 10.5. The minimum absolute atomic E-state index is 0.00522. The van der Waals surface area contributed by atoms with E-state index in [4.69, 9.17) is 14.2 Å². The van der Waals surface area contributed by atoms with Crippen molar-refractivity contribution in [2.24, 2.45) is 0 Å². The first kappa shape index (κ1) is 26.1. The van der Waals surface area contributed by atoms with Crippen LogP contribution < -0.4 is 0 Å². The van der Waals surface area contributed by atoms with Crippen molar-refractivity contribution in [1.29, 1.82) is 0 Å². The lowest BCUT2D eigenvalue weighted by atomic mass is 10.1. The maximum atomic E-state index is 10.5. The van der Waals surface area contributed by atoms with Gasteiger partial charge in [0.15, 0.2) is 6.29 Å². The van der Waals surface area contributed by atoms with E-state index in [1.807, 2.05) is 19.1 Å². The number of hydrogen-bond donors (Lipinski definition) is 0. The highest BCUT2D eigenvalue weighted by atomic mass is 16.7. The minimum atomic E-state index is -0.342. The van der Waals surface area contributed by atoms with Gasteiger partial charge in [0.25, 0.3) is 0 Å². The zero-order valence-corrected chi connectivity index (χ0v) is 16.9. The van der Waals surface area contributed by atoms with Gasteiger partial charge in [0.05, 0.1) is 6.61 Å². The normalized spacial score (nSPS) is 10.6. The lowest BCUT2D eigenvalue weighted by Crippen LogP contribution is -2.12. The van der Waals surface area contributed by atoms with Crippen LogP contribution >= 0.6 is 0 Å². The monoisotopic (exact) mass is 356 g/mol. The number of rotatable bonds is 15. The van der Waals surface area contributed by atoms with Gasteiger partial charge in [-0.1, -0.05) is 64.2 Å². The molecule has 0 atom stereocenters. The third kappa shape index (κ3) is 22.9. The quantitative estimate of drug-likeness (QED) is 0.122. The molecule has 0 aromatic rings. The van der Waals surface area contributed by atoms with Gasteiger partial charge in [-0.05, 0) is 32.6 Å². The zero-order chi connectivity index (χ0) is 19.2. The number of carbonyl (C=O) groups is 1. The van der Waals surface area contributed by atoms with Crippen molar-refractivity contribution in [2.75, 3.05) is 20.8 Å². The summed E-state index contributed by atoms with van der Waals surface area (Å²) in [5.41, 5.74) is 0. The van der Waals surface area contributed by atoms with Crippen molar-refractivity contribution in [3.8, 4) is 0 Å². The number of esters is 1. The largest absolute Gasteiger partial charge is 0.463 e. The Balaban J connectivity index is 0. The summed E-state index contributed by atoms with van der Waals surface area (Å²) in [5, 5.41) is 0. The van der Waals surface area contributed by atoms with E-state index in [1.165, 1.54) is 51.0 Å². The first-order valence-corrected chi connectivity index (χ1v) is 9.62. The van der Waals surface area contributed by atoms with Crippen LogP contribution in [0.25, 0.3) is 0 Å². The Kier molecular flexibility index (Phi) is 23.9. The summed E-state index contributed by atoms with van der Waals surface area (Å²) >= 11 is 0. The minimum Gasteiger partial charge on any atom is -0.463 e. The average Bonchev–Trinajstić information content (AvgIpc) is 2.64. The molecule has 0 unspecified atom stereocenters. The van der Waals surface area contributed by atoms with Gasteiger partial charge in [0.2, 0.25) is 0 Å². The molecule has 0 spiro atoms. The summed E-state index contributed by atoms with van der Waals surface area (Å²) in [4.78, 5) is 10.5. The summed E-state index contributed by atoms with van der Waals surface area (Å²) < 4.78 is 15.0. The molecule has 148 valence electrons. The van der Waals surface area contributed by atoms with Crippen LogP contribution in [0.5, 0.6) is 0 Å². The smallest absolute Gasteiger partial charge is 0.330 e. The van der Waals surface area contributed by atoms with E-state index in [9.17, 15) is 4.79 Å². The van der Waals surface area contributed by atoms with E-state index in [0.717, 1.165) is 19.3 Å². The highest BCUT2D eigenvalue weighted by molar-refractivity contribution is 5.81. The number of unbranched alkanes of at least 4 members (excludes halogenated alkanes) is 7. The number of ether oxygens (including phenoxy) is 3. The molecule has 0 fully saturated rings. The van der Waals surface area contributed by atoms with Crippen molar-refractivity contribution in [1.82, 2.24) is 0 Å². The number of carbonyl (C=O) groups excluding carboxylic acids is 1. The van der Waals surface area contributed by atoms with Gasteiger partial charge in [-0.25, -0.2) is 4.79 Å². The van der Waals surface area contributed by atoms with Gasteiger partial charge in [-0.3, -0.25) is 0 Å². The van der Waals surface area contributed by atoms with Gasteiger partial charge >= 0.3 is 5.97 Å². The van der Waals surface area contributed by atoms with Gasteiger partial charge in [0.1, 0.15) is 0 Å². The molecule has 0 aliphatic rings. The van der Waals surface area contributed by atoms with Crippen LogP contribution in [-0.4, -0.2) is 33.1 Å². The van der Waals surface area contributed by atoms with Gasteiger partial charge in [-0.2, -0.15) is 0 Å². The molecule has 0 amide bonds. The fourth-order valence-corrected chi connectivity index (χ4v) is 2.20. The molecule has 4 heteroatoms. The standard InChI is InChI=1S/C12H26O2.C9H14O2/c1-4-5-6-7-8-9-10-11-12(13-2)14-3;1-3-5-6-7-8-11-9(10)4-2/h12H,4-11H2,1-3H3;3-5H,2,6-8H2,1H3. The second kappa shape index (κ2) is 22.9. The Morgan fingerprint density at radius 3 is 2.12 bits per heavy atom. The molecule has 25 heavy (non-hydrogen) atoms. The van der Waals surface area contributed by atoms with E-state index >= 15 is 0 Å². The Morgan fingerprint density at radius 1 is 1.00 bits per heavy atom. The SMILES string of the molecule is C=CC(=O)OCCCC=CC.CCCCCCCCCC(OC)OC. The van der Waals surface area contributed by atoms with Crippen LogP contribution in [0.3, 0.4) is 0 Å². The van der Waals surface area contributed by atoms with Crippen molar-refractivity contribution in [2.45, 2.75) is 84.3 Å². The second-order valence-corrected chi connectivity index (χ2v) is 5.89. The number of methoxy groups -OCH3 is 2. The van der Waals surface area contributed by atoms with Gasteiger partial charge in [0, 0.05) is 20.3 Å². The average molecular weight is 357 g/mol. The maximum Gasteiger partial charge on any atom is 0.330 e. The molecule has 4 nitrogen and oxygen atoms in total. The van der Waals surface area contributed by atoms with E-state index in [2.05, 4.69) is 13.5 Å². The highest BCUT2D eigenvalue weighted by Crippen LogP contribution is 2.10. The lowest BCUT2D eigenvalue weighted by molar-refractivity contribution is -0.137. The molecule has 0 rings (SSSR count). The number of allylic oxidation sites excluding steroid dienone is 2. The molecule has 0 heterocycles. The lowest BCUT2D eigenvalue weighted by Gasteiger charge is -2.12. The van der Waals surface area contributed by atoms with Crippen LogP contribution in [-0.2, 0) is 19.0 Å². The Bertz CT molecular complexity index is 309. The Labute approximate surface area is 155 Å². The summed E-state index contributed by atoms with van der Waals surface area (Å²) in [6, 6.07) is 0. The molecule has 0 aliphatic carbocycles. The molecule has 0 aromatic carbocycles. The predicted octanol–water partition coefficient (Wildman–Crippen LogP) is 5.82. The summed E-state index contributed by atoms with van der Waals surface area (Å²) in [5.74, 6) is -0.342. The molecule has 0 saturated heterocycles. The summed E-state index contributed by atoms with van der Waals surface area (Å²) in [6.45, 7) is 7.99. The first-order valence-electron chi connectivity index (χ1n) is 9.62. The van der Waals surface area contributed by atoms with Crippen LogP contribution in [0.1, 0.15) is 78.1 Å². The van der Waals surface area contributed by atoms with Gasteiger partial charge < -0.3 is 14.2 Å². The molecule has 0 radical (unpaired) electrons. The fourth-order valence-electron chi connectivity index (χ4n) is 2.20. The van der Waals surface area contributed by atoms with E-state index < -0.39 is 0 Å². The molecule has 0 saturated carbocycles. The van der Waals surface area contributed by atoms with Crippen LogP contribution in [0.4, 0.5) is 0 Å². The topological polar surface area (TPSA) is 44.8 Å². The molecule has 0 aliphatic heterocycles. The molecular formula is C21H40O4. The van der Waals surface area contributed by atoms with Crippen LogP contribution in [0.2, 0.25) is 0 Å². The van der Waals surface area contributed by atoms with E-state index in [1.54, 1.807) is 14.2 Å². The fraction of sp³-hybridized carbons (Fsp3) is 0.762. The summed E-state index contributed by atoms with van der Waals surface area (Å²) in [6.07, 6.45) is 17.5. The van der Waals surface area contributed by atoms with E-state index in [-0.39, 0.29) is 12.3 Å². The third-order valence-electron chi connectivity index (χ3n) is 3.73. The van der Waals surface area contributed by atoms with Crippen molar-refractivity contribution in [3.05, 3.63) is 24.8 Å². The molecule has 0 bridgehead atoms. The zero-order valence-electron chi connectivity index (χ0n) is 16.9. The van der Waals surface area contributed by atoms with Crippen LogP contribution in [0.15, 0.2) is 24.8 Å². The Hall–Kier alpha value is -1.13. The first-order chi connectivity index (χ1) is 12.2. The van der Waals surface area contributed by atoms with Crippen molar-refractivity contribution >= 4 is 5.97 Å². The second-order valence-electron chi connectivity index (χ2n) is 5.89. The van der Waals surface area contributed by atoms with Crippen molar-refractivity contribution in [3.63, 3.8) is 0 Å². The highest BCUT2D eigenvalue weighted by Gasteiger charge is 2.03. The van der Waals surface area contributed by atoms with E-state index in [0.29, 0.717) is 6.61 Å². The van der Waals surface area contributed by atoms with Gasteiger partial charge in [-0.15, -0.1) is 0 Å². The van der Waals surface area contributed by atoms with Crippen molar-refractivity contribution < 1.29 is 19.0 Å². The Morgan fingerprint density at radius 2 is 1.60 bits per heavy atom.